The standard InChI is InChI=1S/C23H27N3O5/c27-19(24-6-7-31-18-4-2-1-3-5-18)14-25-20(28)21(29)26(22(25)30)23-11-15-8-16(12-23)10-17(9-15)13-23/h1-5,15-17H,6-14H2,(H,24,27). The van der Waals surface area contributed by atoms with E-state index in [1.165, 1.54) is 24.2 Å². The fourth-order valence-corrected chi connectivity index (χ4v) is 6.48. The van der Waals surface area contributed by atoms with Crippen LogP contribution in [0.5, 0.6) is 5.75 Å². The second-order valence-electron chi connectivity index (χ2n) is 9.47. The third-order valence-electron chi connectivity index (χ3n) is 7.27. The van der Waals surface area contributed by atoms with E-state index in [0.717, 1.165) is 24.2 Å². The van der Waals surface area contributed by atoms with Gasteiger partial charge in [-0.05, 0) is 68.4 Å². The average Bonchev–Trinajstić information content (AvgIpc) is 2.94. The van der Waals surface area contributed by atoms with Gasteiger partial charge >= 0.3 is 17.8 Å². The highest BCUT2D eigenvalue weighted by atomic mass is 16.5. The minimum Gasteiger partial charge on any atom is -0.492 e. The number of amides is 5. The fraction of sp³-hybridized carbons (Fsp3) is 0.565. The van der Waals surface area contributed by atoms with Gasteiger partial charge in [-0.2, -0.15) is 0 Å². The van der Waals surface area contributed by atoms with Gasteiger partial charge in [0.2, 0.25) is 5.91 Å². The summed E-state index contributed by atoms with van der Waals surface area (Å²) in [4.78, 5) is 52.8. The summed E-state index contributed by atoms with van der Waals surface area (Å²) in [6.45, 7) is 0.0458. The molecule has 1 N–H and O–H groups in total. The van der Waals surface area contributed by atoms with Crippen LogP contribution in [-0.2, 0) is 14.4 Å². The number of rotatable bonds is 7. The van der Waals surface area contributed by atoms with Gasteiger partial charge in [-0.3, -0.25) is 14.4 Å². The predicted molar refractivity (Wildman–Crippen MR) is 110 cm³/mol. The first-order chi connectivity index (χ1) is 14.9. The Hall–Kier alpha value is -2.90. The van der Waals surface area contributed by atoms with Crippen LogP contribution < -0.4 is 10.1 Å². The van der Waals surface area contributed by atoms with Crippen molar-refractivity contribution in [1.29, 1.82) is 0 Å². The van der Waals surface area contributed by atoms with Crippen molar-refractivity contribution in [3.05, 3.63) is 30.3 Å². The van der Waals surface area contributed by atoms with E-state index in [1.54, 1.807) is 0 Å². The summed E-state index contributed by atoms with van der Waals surface area (Å²) >= 11 is 0. The minimum absolute atomic E-state index is 0.233. The van der Waals surface area contributed by atoms with Gasteiger partial charge in [0, 0.05) is 0 Å². The molecule has 4 saturated carbocycles. The summed E-state index contributed by atoms with van der Waals surface area (Å²) in [6.07, 6.45) is 5.88. The number of nitrogens with zero attached hydrogens (tertiary/aromatic N) is 2. The van der Waals surface area contributed by atoms with E-state index in [9.17, 15) is 19.2 Å². The monoisotopic (exact) mass is 425 g/mol. The molecule has 5 fully saturated rings. The van der Waals surface area contributed by atoms with Crippen LogP contribution in [-0.4, -0.2) is 58.8 Å². The quantitative estimate of drug-likeness (QED) is 0.409. The van der Waals surface area contributed by atoms with Crippen LogP contribution in [0.15, 0.2) is 30.3 Å². The van der Waals surface area contributed by atoms with Crippen molar-refractivity contribution in [3.63, 3.8) is 0 Å². The molecule has 1 aromatic carbocycles. The molecular formula is C23H27N3O5. The van der Waals surface area contributed by atoms with E-state index in [-0.39, 0.29) is 13.2 Å². The van der Waals surface area contributed by atoms with E-state index in [0.29, 0.717) is 23.5 Å². The Morgan fingerprint density at radius 3 is 2.19 bits per heavy atom. The summed E-state index contributed by atoms with van der Waals surface area (Å²) in [5.74, 6) is 0.136. The number of hydrogen-bond donors (Lipinski definition) is 1. The third kappa shape index (κ3) is 3.58. The van der Waals surface area contributed by atoms with Crippen molar-refractivity contribution in [2.75, 3.05) is 19.7 Å². The topological polar surface area (TPSA) is 96.0 Å². The Morgan fingerprint density at radius 2 is 1.58 bits per heavy atom. The Kier molecular flexibility index (Phi) is 4.95. The molecule has 164 valence electrons. The van der Waals surface area contributed by atoms with Crippen LogP contribution in [0.2, 0.25) is 0 Å². The summed E-state index contributed by atoms with van der Waals surface area (Å²) in [5.41, 5.74) is -0.534. The van der Waals surface area contributed by atoms with Gasteiger partial charge in [-0.15, -0.1) is 0 Å². The van der Waals surface area contributed by atoms with Crippen LogP contribution in [0.4, 0.5) is 4.79 Å². The number of hydrogen-bond acceptors (Lipinski definition) is 5. The fourth-order valence-electron chi connectivity index (χ4n) is 6.48. The van der Waals surface area contributed by atoms with E-state index < -0.39 is 35.8 Å². The zero-order valence-electron chi connectivity index (χ0n) is 17.4. The second kappa shape index (κ2) is 7.66. The summed E-state index contributed by atoms with van der Waals surface area (Å²) in [7, 11) is 0. The number of carbonyl (C=O) groups excluding carboxylic acids is 4. The molecule has 8 nitrogen and oxygen atoms in total. The molecule has 4 bridgehead atoms. The second-order valence-corrected chi connectivity index (χ2v) is 9.47. The van der Waals surface area contributed by atoms with Gasteiger partial charge in [-0.25, -0.2) is 14.6 Å². The summed E-state index contributed by atoms with van der Waals surface area (Å²) in [6, 6.07) is 8.58. The van der Waals surface area contributed by atoms with Crippen LogP contribution in [0.1, 0.15) is 38.5 Å². The number of ether oxygens (including phenoxy) is 1. The van der Waals surface area contributed by atoms with E-state index in [1.807, 2.05) is 30.3 Å². The molecule has 0 aromatic heterocycles. The van der Waals surface area contributed by atoms with Gasteiger partial charge in [0.05, 0.1) is 12.1 Å². The van der Waals surface area contributed by atoms with E-state index >= 15 is 0 Å². The van der Waals surface area contributed by atoms with Crippen molar-refractivity contribution in [2.24, 2.45) is 17.8 Å². The minimum atomic E-state index is -0.892. The first-order valence-electron chi connectivity index (χ1n) is 11.1. The Balaban J connectivity index is 1.19. The van der Waals surface area contributed by atoms with Gasteiger partial charge in [0.25, 0.3) is 0 Å². The van der Waals surface area contributed by atoms with Gasteiger partial charge < -0.3 is 10.1 Å². The zero-order chi connectivity index (χ0) is 21.6. The first-order valence-corrected chi connectivity index (χ1v) is 11.1. The molecule has 6 rings (SSSR count). The number of benzene rings is 1. The number of urea groups is 1. The largest absolute Gasteiger partial charge is 0.492 e. The van der Waals surface area contributed by atoms with Crippen molar-refractivity contribution in [1.82, 2.24) is 15.1 Å². The number of para-hydroxylation sites is 1. The molecule has 5 amide bonds. The van der Waals surface area contributed by atoms with Crippen LogP contribution in [0.25, 0.3) is 0 Å². The third-order valence-corrected chi connectivity index (χ3v) is 7.27. The molecule has 1 saturated heterocycles. The lowest BCUT2D eigenvalue weighted by Crippen LogP contribution is -2.62. The van der Waals surface area contributed by atoms with Crippen molar-refractivity contribution in [2.45, 2.75) is 44.1 Å². The number of carbonyl (C=O) groups is 4. The maximum atomic E-state index is 13.1. The average molecular weight is 425 g/mol. The lowest BCUT2D eigenvalue weighted by atomic mass is 9.52. The molecule has 5 aliphatic rings. The van der Waals surface area contributed by atoms with E-state index in [2.05, 4.69) is 5.32 Å². The maximum Gasteiger partial charge on any atom is 0.335 e. The van der Waals surface area contributed by atoms with Crippen LogP contribution in [0, 0.1) is 17.8 Å². The Labute approximate surface area is 180 Å². The van der Waals surface area contributed by atoms with Crippen molar-refractivity contribution < 1.29 is 23.9 Å². The molecular weight excluding hydrogens is 398 g/mol. The Bertz CT molecular complexity index is 880. The SMILES string of the molecule is O=C(CN1C(=O)C(=O)N(C23CC4CC(CC(C4)C2)C3)C1=O)NCCOc1ccccc1. The van der Waals surface area contributed by atoms with Gasteiger partial charge in [-0.1, -0.05) is 18.2 Å². The molecule has 0 atom stereocenters. The van der Waals surface area contributed by atoms with Crippen molar-refractivity contribution >= 4 is 23.8 Å². The molecule has 31 heavy (non-hydrogen) atoms. The lowest BCUT2D eigenvalue weighted by molar-refractivity contribution is -0.150. The number of nitrogens with one attached hydrogen (secondary N) is 1. The maximum absolute atomic E-state index is 13.1. The smallest absolute Gasteiger partial charge is 0.335 e. The first kappa shape index (κ1) is 20.0. The number of imide groups is 2. The molecule has 1 aliphatic heterocycles. The van der Waals surface area contributed by atoms with Gasteiger partial charge in [0.1, 0.15) is 18.9 Å². The Morgan fingerprint density at radius 1 is 0.968 bits per heavy atom. The van der Waals surface area contributed by atoms with E-state index in [4.69, 9.17) is 4.74 Å². The highest BCUT2D eigenvalue weighted by Gasteiger charge is 2.61. The molecule has 1 aromatic rings. The van der Waals surface area contributed by atoms with Crippen LogP contribution >= 0.6 is 0 Å². The predicted octanol–water partition coefficient (Wildman–Crippen LogP) is 1.94. The lowest BCUT2D eigenvalue weighted by Gasteiger charge is -2.58. The molecule has 0 spiro atoms. The summed E-state index contributed by atoms with van der Waals surface area (Å²) < 4.78 is 5.52. The highest BCUT2D eigenvalue weighted by molar-refractivity contribution is 6.45. The molecule has 8 heteroatoms. The molecule has 0 radical (unpaired) electrons. The van der Waals surface area contributed by atoms with Gasteiger partial charge in [0.15, 0.2) is 0 Å². The normalized spacial score (nSPS) is 31.5. The molecule has 1 heterocycles. The van der Waals surface area contributed by atoms with Crippen molar-refractivity contribution in [3.8, 4) is 5.75 Å². The zero-order valence-corrected chi connectivity index (χ0v) is 17.4. The molecule has 4 aliphatic carbocycles. The summed E-state index contributed by atoms with van der Waals surface area (Å²) in [5, 5.41) is 2.65. The van der Waals surface area contributed by atoms with Crippen LogP contribution in [0.3, 0.4) is 0 Å². The molecule has 0 unspecified atom stereocenters. The highest BCUT2D eigenvalue weighted by Crippen LogP contribution is 2.58.